The van der Waals surface area contributed by atoms with Crippen molar-refractivity contribution in [1.29, 1.82) is 0 Å². The van der Waals surface area contributed by atoms with Gasteiger partial charge >= 0.3 is 0 Å². The summed E-state index contributed by atoms with van der Waals surface area (Å²) in [5.74, 6) is 0. The van der Waals surface area contributed by atoms with Crippen molar-refractivity contribution in [2.75, 3.05) is 20.2 Å². The van der Waals surface area contributed by atoms with Gasteiger partial charge in [0.25, 0.3) is 0 Å². The summed E-state index contributed by atoms with van der Waals surface area (Å²) in [6.45, 7) is 1.27. The molecule has 0 aromatic carbocycles. The van der Waals surface area contributed by atoms with Crippen molar-refractivity contribution in [1.82, 2.24) is 5.32 Å². The molecule has 0 aromatic rings. The third-order valence-corrected chi connectivity index (χ3v) is 8.85. The van der Waals surface area contributed by atoms with Crippen molar-refractivity contribution in [2.45, 2.75) is 136 Å². The van der Waals surface area contributed by atoms with E-state index < -0.39 is 105 Å². The third-order valence-electron chi connectivity index (χ3n) is 8.85. The fourth-order valence-corrected chi connectivity index (χ4v) is 5.99. The van der Waals surface area contributed by atoms with Gasteiger partial charge in [-0.05, 0) is 33.2 Å². The van der Waals surface area contributed by atoms with Crippen LogP contribution in [0.3, 0.4) is 0 Å². The lowest BCUT2D eigenvalue weighted by Crippen LogP contribution is -2.65. The molecule has 42 heavy (non-hydrogen) atoms. The second-order valence-electron chi connectivity index (χ2n) is 11.8. The lowest BCUT2D eigenvalue weighted by molar-refractivity contribution is -0.290. The topological polar surface area (TPSA) is 299 Å². The molecule has 246 valence electrons. The smallest absolute Gasteiger partial charge is 0.187 e. The van der Waals surface area contributed by atoms with E-state index in [2.05, 4.69) is 5.32 Å². The summed E-state index contributed by atoms with van der Waals surface area (Å²) >= 11 is 0. The van der Waals surface area contributed by atoms with E-state index in [1.165, 1.54) is 0 Å². The first-order chi connectivity index (χ1) is 19.9. The van der Waals surface area contributed by atoms with Gasteiger partial charge in [0.2, 0.25) is 0 Å². The molecule has 1 saturated carbocycles. The maximum Gasteiger partial charge on any atom is 0.187 e. The standard InChI is InChI=1S/C25H50N6O11/c1-8(31-2)12-4-3-9(27)23(37-12)40-20-11(29)5-10(28)16(33)22(20)42-25-19(36)21(14(7-32)39-25)41-24-15(30)18(35)17(34)13(6-26)38-24/h8-25,31-36H,3-7,26-30H2,1-2H3. The number of rotatable bonds is 10. The van der Waals surface area contributed by atoms with E-state index in [1.807, 2.05) is 14.0 Å². The van der Waals surface area contributed by atoms with Gasteiger partial charge in [0.1, 0.15) is 48.8 Å². The van der Waals surface area contributed by atoms with Crippen molar-refractivity contribution < 1.29 is 54.0 Å². The SMILES string of the molecule is CNC(C)C1CCC(N)C(OC2C(N)CC(N)C(O)C2OC2OC(CO)C(OC3OC(CN)C(O)C(O)C3N)C2O)O1. The molecule has 0 bridgehead atoms. The lowest BCUT2D eigenvalue weighted by atomic mass is 9.84. The summed E-state index contributed by atoms with van der Waals surface area (Å²) in [4.78, 5) is 0. The Bertz CT molecular complexity index is 853. The highest BCUT2D eigenvalue weighted by molar-refractivity contribution is 5.01. The third kappa shape index (κ3) is 7.08. The van der Waals surface area contributed by atoms with Gasteiger partial charge in [-0.2, -0.15) is 0 Å². The number of likely N-dealkylation sites (N-methyl/N-ethyl adjacent to an activating group) is 1. The summed E-state index contributed by atoms with van der Waals surface area (Å²) in [7, 11) is 1.83. The lowest BCUT2D eigenvalue weighted by Gasteiger charge is -2.46. The molecule has 16 N–H and O–H groups in total. The average molecular weight is 611 g/mol. The number of nitrogens with two attached hydrogens (primary N) is 5. The normalized spacial score (nSPS) is 51.0. The van der Waals surface area contributed by atoms with Crippen LogP contribution in [0.4, 0.5) is 0 Å². The second-order valence-corrected chi connectivity index (χ2v) is 11.8. The number of ether oxygens (including phenoxy) is 6. The predicted octanol–water partition coefficient (Wildman–Crippen LogP) is -6.19. The van der Waals surface area contributed by atoms with Crippen LogP contribution in [-0.2, 0) is 28.4 Å². The van der Waals surface area contributed by atoms with Gasteiger partial charge in [0.15, 0.2) is 18.9 Å². The van der Waals surface area contributed by atoms with Gasteiger partial charge in [-0.15, -0.1) is 0 Å². The molecule has 0 radical (unpaired) electrons. The number of hydrogen-bond donors (Lipinski definition) is 11. The van der Waals surface area contributed by atoms with Gasteiger partial charge in [-0.3, -0.25) is 0 Å². The van der Waals surface area contributed by atoms with Crippen LogP contribution in [0.1, 0.15) is 26.2 Å². The zero-order valence-electron chi connectivity index (χ0n) is 24.0. The molecule has 1 aliphatic carbocycles. The average Bonchev–Trinajstić information content (AvgIpc) is 3.27. The molecule has 18 unspecified atom stereocenters. The van der Waals surface area contributed by atoms with Crippen LogP contribution in [0.5, 0.6) is 0 Å². The first-order valence-electron chi connectivity index (χ1n) is 14.6. The van der Waals surface area contributed by atoms with Gasteiger partial charge in [0.05, 0.1) is 30.9 Å². The summed E-state index contributed by atoms with van der Waals surface area (Å²) in [6.07, 6.45) is -13.1. The summed E-state index contributed by atoms with van der Waals surface area (Å²) in [6, 6.07) is -3.06. The van der Waals surface area contributed by atoms with Crippen LogP contribution in [0.25, 0.3) is 0 Å². The molecule has 17 heteroatoms. The summed E-state index contributed by atoms with van der Waals surface area (Å²) in [5.41, 5.74) is 30.5. The highest BCUT2D eigenvalue weighted by Crippen LogP contribution is 2.34. The Morgan fingerprint density at radius 2 is 1.38 bits per heavy atom. The van der Waals surface area contributed by atoms with Crippen molar-refractivity contribution in [3.63, 3.8) is 0 Å². The van der Waals surface area contributed by atoms with Gasteiger partial charge in [0, 0.05) is 24.7 Å². The van der Waals surface area contributed by atoms with E-state index in [4.69, 9.17) is 57.1 Å². The molecule has 3 heterocycles. The predicted molar refractivity (Wildman–Crippen MR) is 145 cm³/mol. The molecule has 4 fully saturated rings. The highest BCUT2D eigenvalue weighted by Gasteiger charge is 2.53. The minimum Gasteiger partial charge on any atom is -0.394 e. The van der Waals surface area contributed by atoms with Crippen molar-refractivity contribution >= 4 is 0 Å². The molecule has 3 aliphatic heterocycles. The van der Waals surface area contributed by atoms with E-state index in [-0.39, 0.29) is 25.1 Å². The van der Waals surface area contributed by atoms with Crippen LogP contribution < -0.4 is 34.0 Å². The fraction of sp³-hybridized carbons (Fsp3) is 1.00. The summed E-state index contributed by atoms with van der Waals surface area (Å²) in [5, 5.41) is 55.8. The molecule has 0 spiro atoms. The Kier molecular flexibility index (Phi) is 11.9. The van der Waals surface area contributed by atoms with Crippen molar-refractivity contribution in [3.05, 3.63) is 0 Å². The van der Waals surface area contributed by atoms with Gasteiger partial charge in [-0.1, -0.05) is 0 Å². The van der Waals surface area contributed by atoms with E-state index in [9.17, 15) is 25.5 Å². The zero-order valence-corrected chi connectivity index (χ0v) is 24.0. The number of aliphatic hydroxyl groups is 5. The number of aliphatic hydroxyl groups excluding tert-OH is 5. The fourth-order valence-electron chi connectivity index (χ4n) is 5.99. The second kappa shape index (κ2) is 14.6. The Morgan fingerprint density at radius 3 is 2.02 bits per heavy atom. The molecule has 4 aliphatic rings. The van der Waals surface area contributed by atoms with Crippen molar-refractivity contribution in [3.8, 4) is 0 Å². The van der Waals surface area contributed by atoms with Gasteiger partial charge < -0.3 is 87.9 Å². The minimum absolute atomic E-state index is 0.0369. The maximum absolute atomic E-state index is 11.2. The molecule has 18 atom stereocenters. The largest absolute Gasteiger partial charge is 0.394 e. The molecule has 4 rings (SSSR count). The van der Waals surface area contributed by atoms with Crippen LogP contribution in [0, 0.1) is 0 Å². The zero-order chi connectivity index (χ0) is 30.9. The quantitative estimate of drug-likeness (QED) is 0.110. The first-order valence-corrected chi connectivity index (χ1v) is 14.6. The molecule has 3 saturated heterocycles. The Morgan fingerprint density at radius 1 is 0.738 bits per heavy atom. The number of hydrogen-bond acceptors (Lipinski definition) is 17. The van der Waals surface area contributed by atoms with E-state index in [1.54, 1.807) is 0 Å². The van der Waals surface area contributed by atoms with E-state index in [0.29, 0.717) is 6.42 Å². The Hall–Kier alpha value is -0.680. The van der Waals surface area contributed by atoms with Crippen LogP contribution in [0.15, 0.2) is 0 Å². The van der Waals surface area contributed by atoms with Crippen molar-refractivity contribution in [2.24, 2.45) is 28.7 Å². The first kappa shape index (κ1) is 34.2. The van der Waals surface area contributed by atoms with Crippen LogP contribution in [-0.4, -0.2) is 156 Å². The molecule has 0 amide bonds. The molecule has 0 aromatic heterocycles. The summed E-state index contributed by atoms with van der Waals surface area (Å²) < 4.78 is 35.7. The van der Waals surface area contributed by atoms with E-state index in [0.717, 1.165) is 6.42 Å². The number of nitrogens with one attached hydrogen (secondary N) is 1. The van der Waals surface area contributed by atoms with Crippen LogP contribution in [0.2, 0.25) is 0 Å². The van der Waals surface area contributed by atoms with Gasteiger partial charge in [-0.25, -0.2) is 0 Å². The molecule has 17 nitrogen and oxygen atoms in total. The Labute approximate surface area is 244 Å². The molecular weight excluding hydrogens is 560 g/mol. The minimum atomic E-state index is -1.52. The van der Waals surface area contributed by atoms with E-state index >= 15 is 0 Å². The molecular formula is C25H50N6O11. The van der Waals surface area contributed by atoms with Crippen LogP contribution >= 0.6 is 0 Å². The Balaban J connectivity index is 1.48. The maximum atomic E-state index is 11.2. The highest BCUT2D eigenvalue weighted by atomic mass is 16.8. The monoisotopic (exact) mass is 610 g/mol.